The van der Waals surface area contributed by atoms with E-state index in [0.717, 1.165) is 31.9 Å². The molecule has 0 radical (unpaired) electrons. The number of halogens is 2. The molecule has 0 saturated heterocycles. The number of rotatable bonds is 13. The van der Waals surface area contributed by atoms with Crippen LogP contribution in [0.15, 0.2) is 112 Å². The van der Waals surface area contributed by atoms with Crippen molar-refractivity contribution in [3.8, 4) is 0 Å². The monoisotopic (exact) mass is 695 g/mol. The van der Waals surface area contributed by atoms with Crippen LogP contribution in [0.4, 0.5) is 5.69 Å². The van der Waals surface area contributed by atoms with Crippen LogP contribution in [0, 0.1) is 6.92 Å². The molecule has 7 nitrogen and oxygen atoms in total. The van der Waals surface area contributed by atoms with Crippen LogP contribution in [-0.2, 0) is 32.6 Å². The van der Waals surface area contributed by atoms with Gasteiger partial charge in [-0.2, -0.15) is 0 Å². The normalized spacial score (nSPS) is 11.9. The Morgan fingerprint density at radius 2 is 1.55 bits per heavy atom. The highest BCUT2D eigenvalue weighted by Gasteiger charge is 2.35. The Labute approximate surface area is 273 Å². The minimum absolute atomic E-state index is 0.0240. The zero-order valence-corrected chi connectivity index (χ0v) is 27.8. The Kier molecular flexibility index (Phi) is 11.6. The lowest BCUT2D eigenvalue weighted by Crippen LogP contribution is -2.53. The van der Waals surface area contributed by atoms with E-state index in [1.165, 1.54) is 17.0 Å². The van der Waals surface area contributed by atoms with E-state index in [4.69, 9.17) is 11.6 Å². The molecule has 0 heterocycles. The number of nitrogens with zero attached hydrogens (tertiary/aromatic N) is 2. The van der Waals surface area contributed by atoms with Crippen molar-refractivity contribution in [3.63, 3.8) is 0 Å². The van der Waals surface area contributed by atoms with Gasteiger partial charge in [-0.3, -0.25) is 13.9 Å². The van der Waals surface area contributed by atoms with E-state index in [1.54, 1.807) is 36.4 Å². The second-order valence-electron chi connectivity index (χ2n) is 10.4. The summed E-state index contributed by atoms with van der Waals surface area (Å²) >= 11 is 10.0. The number of anilines is 1. The van der Waals surface area contributed by atoms with Crippen LogP contribution >= 0.6 is 27.5 Å². The molecule has 0 spiro atoms. The van der Waals surface area contributed by atoms with Gasteiger partial charge in [0.1, 0.15) is 12.6 Å². The van der Waals surface area contributed by atoms with Gasteiger partial charge in [0.2, 0.25) is 11.8 Å². The molecule has 4 rings (SSSR count). The topological polar surface area (TPSA) is 86.8 Å². The SMILES string of the molecule is CCCNC(=O)[C@H](Cc1ccccc1)N(Cc1cccc(Br)c1)C(=O)CN(c1ccccc1Cl)S(=O)(=O)c1ccc(C)cc1. The summed E-state index contributed by atoms with van der Waals surface area (Å²) in [4.78, 5) is 29.6. The van der Waals surface area contributed by atoms with Crippen molar-refractivity contribution < 1.29 is 18.0 Å². The zero-order chi connectivity index (χ0) is 31.7. The molecule has 1 N–H and O–H groups in total. The molecular formula is C34H35BrClN3O4S. The van der Waals surface area contributed by atoms with Gasteiger partial charge in [-0.15, -0.1) is 0 Å². The van der Waals surface area contributed by atoms with E-state index >= 15 is 0 Å². The van der Waals surface area contributed by atoms with Crippen molar-refractivity contribution in [3.05, 3.63) is 129 Å². The Morgan fingerprint density at radius 3 is 2.20 bits per heavy atom. The largest absolute Gasteiger partial charge is 0.354 e. The van der Waals surface area contributed by atoms with E-state index in [0.29, 0.717) is 6.54 Å². The van der Waals surface area contributed by atoms with Gasteiger partial charge in [0.25, 0.3) is 10.0 Å². The first kappa shape index (κ1) is 33.2. The maximum atomic E-state index is 14.5. The maximum Gasteiger partial charge on any atom is 0.264 e. The van der Waals surface area contributed by atoms with E-state index in [9.17, 15) is 18.0 Å². The van der Waals surface area contributed by atoms with Gasteiger partial charge in [0.15, 0.2) is 0 Å². The van der Waals surface area contributed by atoms with Crippen molar-refractivity contribution in [2.24, 2.45) is 0 Å². The molecule has 0 aliphatic carbocycles. The highest BCUT2D eigenvalue weighted by Crippen LogP contribution is 2.31. The highest BCUT2D eigenvalue weighted by molar-refractivity contribution is 9.10. The number of hydrogen-bond donors (Lipinski definition) is 1. The predicted molar refractivity (Wildman–Crippen MR) is 179 cm³/mol. The van der Waals surface area contributed by atoms with E-state index in [2.05, 4.69) is 21.2 Å². The van der Waals surface area contributed by atoms with E-state index in [1.807, 2.05) is 68.4 Å². The molecule has 4 aromatic rings. The van der Waals surface area contributed by atoms with Gasteiger partial charge in [-0.1, -0.05) is 107 Å². The van der Waals surface area contributed by atoms with Gasteiger partial charge in [0.05, 0.1) is 15.6 Å². The number of nitrogens with one attached hydrogen (secondary N) is 1. The summed E-state index contributed by atoms with van der Waals surface area (Å²) in [5.41, 5.74) is 2.71. The van der Waals surface area contributed by atoms with Crippen molar-refractivity contribution in [2.45, 2.75) is 44.2 Å². The lowest BCUT2D eigenvalue weighted by molar-refractivity contribution is -0.140. The molecule has 0 unspecified atom stereocenters. The Hall–Kier alpha value is -3.66. The number of sulfonamides is 1. The molecule has 0 aliphatic rings. The molecule has 230 valence electrons. The first-order chi connectivity index (χ1) is 21.1. The smallest absolute Gasteiger partial charge is 0.264 e. The molecule has 0 aromatic heterocycles. The summed E-state index contributed by atoms with van der Waals surface area (Å²) in [5.74, 6) is -0.863. The molecule has 0 aliphatic heterocycles. The van der Waals surface area contributed by atoms with Crippen molar-refractivity contribution in [1.29, 1.82) is 0 Å². The summed E-state index contributed by atoms with van der Waals surface area (Å²) in [6, 6.07) is 28.9. The van der Waals surface area contributed by atoms with Crippen molar-refractivity contribution >= 4 is 55.1 Å². The molecule has 0 fully saturated rings. The Bertz CT molecular complexity index is 1680. The molecule has 4 aromatic carbocycles. The first-order valence-electron chi connectivity index (χ1n) is 14.3. The number of hydrogen-bond acceptors (Lipinski definition) is 4. The summed E-state index contributed by atoms with van der Waals surface area (Å²) < 4.78 is 30.1. The second-order valence-corrected chi connectivity index (χ2v) is 13.6. The van der Waals surface area contributed by atoms with Crippen LogP contribution in [0.3, 0.4) is 0 Å². The summed E-state index contributed by atoms with van der Waals surface area (Å²) in [6.45, 7) is 3.77. The number of para-hydroxylation sites is 1. The standard InChI is InChI=1S/C34H35BrClN3O4S/c1-3-20-37-34(41)32(22-26-10-5-4-6-11-26)38(23-27-12-9-13-28(35)21-27)33(40)24-39(31-15-8-7-14-30(31)36)44(42,43)29-18-16-25(2)17-19-29/h4-19,21,32H,3,20,22-24H2,1-2H3,(H,37,41)/t32-/m0/s1. The van der Waals surface area contributed by atoms with Crippen LogP contribution in [0.5, 0.6) is 0 Å². The number of aryl methyl sites for hydroxylation is 1. The summed E-state index contributed by atoms with van der Waals surface area (Å²) in [5, 5.41) is 3.12. The lowest BCUT2D eigenvalue weighted by Gasteiger charge is -2.34. The van der Waals surface area contributed by atoms with Gasteiger partial charge in [-0.05, 0) is 60.9 Å². The van der Waals surface area contributed by atoms with Crippen LogP contribution in [-0.4, -0.2) is 44.3 Å². The summed E-state index contributed by atoms with van der Waals surface area (Å²) in [7, 11) is -4.23. The molecule has 0 bridgehead atoms. The minimum atomic E-state index is -4.23. The number of carbonyl (C=O) groups excluding carboxylic acids is 2. The maximum absolute atomic E-state index is 14.5. The molecule has 0 saturated carbocycles. The fourth-order valence-corrected chi connectivity index (χ4v) is 6.92. The average molecular weight is 697 g/mol. The van der Waals surface area contributed by atoms with Gasteiger partial charge < -0.3 is 10.2 Å². The van der Waals surface area contributed by atoms with Crippen LogP contribution in [0.1, 0.15) is 30.0 Å². The third kappa shape index (κ3) is 8.49. The second kappa shape index (κ2) is 15.4. The average Bonchev–Trinajstić information content (AvgIpc) is 3.01. The molecular weight excluding hydrogens is 662 g/mol. The number of carbonyl (C=O) groups is 2. The Morgan fingerprint density at radius 1 is 0.886 bits per heavy atom. The molecule has 44 heavy (non-hydrogen) atoms. The van der Waals surface area contributed by atoms with E-state index in [-0.39, 0.29) is 34.5 Å². The lowest BCUT2D eigenvalue weighted by atomic mass is 10.0. The third-order valence-corrected chi connectivity index (χ3v) is 9.66. The van der Waals surface area contributed by atoms with Crippen LogP contribution in [0.2, 0.25) is 5.02 Å². The fraction of sp³-hybridized carbons (Fsp3) is 0.235. The highest BCUT2D eigenvalue weighted by atomic mass is 79.9. The molecule has 10 heteroatoms. The predicted octanol–water partition coefficient (Wildman–Crippen LogP) is 6.77. The quantitative estimate of drug-likeness (QED) is 0.167. The Balaban J connectivity index is 1.80. The van der Waals surface area contributed by atoms with Crippen LogP contribution in [0.25, 0.3) is 0 Å². The zero-order valence-electron chi connectivity index (χ0n) is 24.6. The summed E-state index contributed by atoms with van der Waals surface area (Å²) in [6.07, 6.45) is 0.964. The van der Waals surface area contributed by atoms with Gasteiger partial charge >= 0.3 is 0 Å². The van der Waals surface area contributed by atoms with Gasteiger partial charge in [-0.25, -0.2) is 8.42 Å². The van der Waals surface area contributed by atoms with E-state index < -0.39 is 28.5 Å². The first-order valence-corrected chi connectivity index (χ1v) is 16.9. The minimum Gasteiger partial charge on any atom is -0.354 e. The molecule has 2 amide bonds. The van der Waals surface area contributed by atoms with Crippen molar-refractivity contribution in [1.82, 2.24) is 10.2 Å². The fourth-order valence-electron chi connectivity index (χ4n) is 4.76. The third-order valence-electron chi connectivity index (χ3n) is 7.07. The van der Waals surface area contributed by atoms with Crippen molar-refractivity contribution in [2.75, 3.05) is 17.4 Å². The molecule has 1 atom stereocenters. The van der Waals surface area contributed by atoms with Crippen LogP contribution < -0.4 is 9.62 Å². The number of benzene rings is 4. The number of amides is 2. The van der Waals surface area contributed by atoms with Gasteiger partial charge in [0, 0.05) is 24.0 Å².